The zero-order chi connectivity index (χ0) is 13.2. The van der Waals surface area contributed by atoms with Crippen molar-refractivity contribution in [3.05, 3.63) is 54.6 Å². The van der Waals surface area contributed by atoms with Crippen LogP contribution in [0.4, 0.5) is 5.69 Å². The fourth-order valence-electron chi connectivity index (χ4n) is 1.64. The van der Waals surface area contributed by atoms with E-state index in [1.165, 1.54) is 24.3 Å². The van der Waals surface area contributed by atoms with Crippen LogP contribution in [0.5, 0.6) is 0 Å². The van der Waals surface area contributed by atoms with E-state index in [0.29, 0.717) is 5.69 Å². The summed E-state index contributed by atoms with van der Waals surface area (Å²) in [5.41, 5.74) is -0.546. The summed E-state index contributed by atoms with van der Waals surface area (Å²) < 4.78 is 26.6. The number of anilines is 1. The SMILES string of the molecule is CC1(O)C=CC(S(=O)(=O)Nc2ccccc2)C=C1. The van der Waals surface area contributed by atoms with Crippen LogP contribution in [0.3, 0.4) is 0 Å². The van der Waals surface area contributed by atoms with E-state index in [-0.39, 0.29) is 0 Å². The van der Waals surface area contributed by atoms with Crippen LogP contribution in [-0.2, 0) is 10.0 Å². The second kappa shape index (κ2) is 4.59. The Bertz CT molecular complexity index is 558. The predicted octanol–water partition coefficient (Wildman–Crippen LogP) is 1.67. The third-order valence-corrected chi connectivity index (χ3v) is 4.19. The van der Waals surface area contributed by atoms with Crippen molar-refractivity contribution in [1.29, 1.82) is 0 Å². The van der Waals surface area contributed by atoms with Gasteiger partial charge in [0.2, 0.25) is 10.0 Å². The van der Waals surface area contributed by atoms with E-state index in [1.807, 2.05) is 6.07 Å². The molecule has 0 aliphatic heterocycles. The second-order valence-corrected chi connectivity index (χ2v) is 6.26. The zero-order valence-corrected chi connectivity index (χ0v) is 10.8. The van der Waals surface area contributed by atoms with E-state index >= 15 is 0 Å². The van der Waals surface area contributed by atoms with Crippen molar-refractivity contribution in [1.82, 2.24) is 0 Å². The fraction of sp³-hybridized carbons (Fsp3) is 0.231. The minimum atomic E-state index is -3.52. The van der Waals surface area contributed by atoms with Crippen LogP contribution in [0.2, 0.25) is 0 Å². The van der Waals surface area contributed by atoms with Crippen LogP contribution in [0.1, 0.15) is 6.92 Å². The van der Waals surface area contributed by atoms with Crippen LogP contribution >= 0.6 is 0 Å². The molecule has 4 nitrogen and oxygen atoms in total. The molecule has 0 bridgehead atoms. The van der Waals surface area contributed by atoms with Crippen LogP contribution in [0, 0.1) is 0 Å². The average molecular weight is 265 g/mol. The van der Waals surface area contributed by atoms with E-state index in [9.17, 15) is 13.5 Å². The lowest BCUT2D eigenvalue weighted by molar-refractivity contribution is 0.162. The third-order valence-electron chi connectivity index (χ3n) is 2.64. The standard InChI is InChI=1S/C13H15NO3S/c1-13(15)9-7-12(8-10-13)18(16,17)14-11-5-3-2-4-6-11/h2-10,12,14-15H,1H3. The van der Waals surface area contributed by atoms with Gasteiger partial charge < -0.3 is 5.11 Å². The lowest BCUT2D eigenvalue weighted by Gasteiger charge is -2.21. The summed E-state index contributed by atoms with van der Waals surface area (Å²) in [7, 11) is -3.52. The van der Waals surface area contributed by atoms with Gasteiger partial charge in [0.15, 0.2) is 0 Å². The van der Waals surface area contributed by atoms with Gasteiger partial charge in [0.25, 0.3) is 0 Å². The molecule has 0 fully saturated rings. The minimum absolute atomic E-state index is 0.525. The van der Waals surface area contributed by atoms with Crippen molar-refractivity contribution >= 4 is 15.7 Å². The molecule has 2 N–H and O–H groups in total. The van der Waals surface area contributed by atoms with Crippen molar-refractivity contribution in [2.24, 2.45) is 0 Å². The van der Waals surface area contributed by atoms with Gasteiger partial charge in [-0.2, -0.15) is 0 Å². The van der Waals surface area contributed by atoms with E-state index in [2.05, 4.69) is 4.72 Å². The third kappa shape index (κ3) is 3.00. The summed E-state index contributed by atoms with van der Waals surface area (Å²) in [6.07, 6.45) is 5.90. The first-order valence-corrected chi connectivity index (χ1v) is 7.11. The van der Waals surface area contributed by atoms with Crippen molar-refractivity contribution < 1.29 is 13.5 Å². The number of hydrogen-bond donors (Lipinski definition) is 2. The molecule has 2 rings (SSSR count). The Kier molecular flexibility index (Phi) is 3.28. The molecule has 0 radical (unpaired) electrons. The Morgan fingerprint density at radius 3 is 2.28 bits per heavy atom. The molecule has 0 aromatic heterocycles. The molecule has 0 atom stereocenters. The van der Waals surface area contributed by atoms with E-state index in [0.717, 1.165) is 0 Å². The lowest BCUT2D eigenvalue weighted by atomic mass is 10.0. The van der Waals surface area contributed by atoms with E-state index in [1.54, 1.807) is 31.2 Å². The number of nitrogens with one attached hydrogen (secondary N) is 1. The number of aliphatic hydroxyl groups is 1. The maximum Gasteiger partial charge on any atom is 0.242 e. The highest BCUT2D eigenvalue weighted by Crippen LogP contribution is 2.20. The van der Waals surface area contributed by atoms with Gasteiger partial charge in [-0.15, -0.1) is 0 Å². The summed E-state index contributed by atoms with van der Waals surface area (Å²) in [5, 5.41) is 8.89. The van der Waals surface area contributed by atoms with Gasteiger partial charge in [0, 0.05) is 5.69 Å². The molecule has 1 aromatic carbocycles. The summed E-state index contributed by atoms with van der Waals surface area (Å²) in [6, 6.07) is 8.70. The van der Waals surface area contributed by atoms with Crippen LogP contribution in [0.15, 0.2) is 54.6 Å². The van der Waals surface area contributed by atoms with Crippen molar-refractivity contribution in [2.75, 3.05) is 4.72 Å². The van der Waals surface area contributed by atoms with Crippen molar-refractivity contribution in [3.63, 3.8) is 0 Å². The zero-order valence-electron chi connectivity index (χ0n) is 9.95. The molecule has 0 heterocycles. The first-order chi connectivity index (χ1) is 8.39. The number of para-hydroxylation sites is 1. The number of sulfonamides is 1. The number of benzene rings is 1. The molecular weight excluding hydrogens is 250 g/mol. The fourth-order valence-corrected chi connectivity index (χ4v) is 2.82. The van der Waals surface area contributed by atoms with Gasteiger partial charge in [-0.3, -0.25) is 4.72 Å². The lowest BCUT2D eigenvalue weighted by Crippen LogP contribution is -2.30. The largest absolute Gasteiger partial charge is 0.382 e. The van der Waals surface area contributed by atoms with Gasteiger partial charge in [0.05, 0.1) is 5.60 Å². The maximum atomic E-state index is 12.1. The highest BCUT2D eigenvalue weighted by atomic mass is 32.2. The first kappa shape index (κ1) is 12.9. The Balaban J connectivity index is 2.17. The maximum absolute atomic E-state index is 12.1. The molecule has 18 heavy (non-hydrogen) atoms. The summed E-state index contributed by atoms with van der Waals surface area (Å²) in [5.74, 6) is 0. The van der Waals surface area contributed by atoms with Crippen LogP contribution < -0.4 is 4.72 Å². The number of hydrogen-bond acceptors (Lipinski definition) is 3. The molecule has 0 amide bonds. The summed E-state index contributed by atoms with van der Waals surface area (Å²) >= 11 is 0. The summed E-state index contributed by atoms with van der Waals surface area (Å²) in [4.78, 5) is 0. The molecule has 1 aliphatic carbocycles. The van der Waals surface area contributed by atoms with Crippen molar-refractivity contribution in [3.8, 4) is 0 Å². The number of rotatable bonds is 3. The topological polar surface area (TPSA) is 66.4 Å². The molecule has 5 heteroatoms. The van der Waals surface area contributed by atoms with Gasteiger partial charge >= 0.3 is 0 Å². The quantitative estimate of drug-likeness (QED) is 0.817. The highest BCUT2D eigenvalue weighted by molar-refractivity contribution is 7.93. The highest BCUT2D eigenvalue weighted by Gasteiger charge is 2.26. The van der Waals surface area contributed by atoms with Gasteiger partial charge in [0.1, 0.15) is 5.25 Å². The Hall–Kier alpha value is -1.59. The first-order valence-electron chi connectivity index (χ1n) is 5.57. The monoisotopic (exact) mass is 265 g/mol. The van der Waals surface area contributed by atoms with Crippen molar-refractivity contribution in [2.45, 2.75) is 17.8 Å². The van der Waals surface area contributed by atoms with E-state index in [4.69, 9.17) is 0 Å². The summed E-state index contributed by atoms with van der Waals surface area (Å²) in [6.45, 7) is 1.59. The molecule has 0 unspecified atom stereocenters. The minimum Gasteiger partial charge on any atom is -0.382 e. The van der Waals surface area contributed by atoms with Crippen LogP contribution in [-0.4, -0.2) is 24.4 Å². The normalized spacial score (nSPS) is 27.1. The molecule has 1 aromatic rings. The Labute approximate surface area is 107 Å². The Morgan fingerprint density at radius 1 is 1.17 bits per heavy atom. The van der Waals surface area contributed by atoms with Gasteiger partial charge in [-0.05, 0) is 19.1 Å². The molecule has 0 saturated heterocycles. The average Bonchev–Trinajstić information content (AvgIpc) is 2.29. The molecule has 1 aliphatic rings. The molecule has 96 valence electrons. The second-order valence-electron chi connectivity index (χ2n) is 4.42. The molecule has 0 saturated carbocycles. The molecule has 0 spiro atoms. The Morgan fingerprint density at radius 2 is 1.72 bits per heavy atom. The smallest absolute Gasteiger partial charge is 0.242 e. The van der Waals surface area contributed by atoms with Gasteiger partial charge in [-0.25, -0.2) is 8.42 Å². The van der Waals surface area contributed by atoms with Gasteiger partial charge in [-0.1, -0.05) is 42.5 Å². The predicted molar refractivity (Wildman–Crippen MR) is 71.7 cm³/mol. The van der Waals surface area contributed by atoms with Crippen LogP contribution in [0.25, 0.3) is 0 Å². The molecular formula is C13H15NO3S. The van der Waals surface area contributed by atoms with E-state index < -0.39 is 20.9 Å².